The third kappa shape index (κ3) is 4.69. The Morgan fingerprint density at radius 2 is 2.12 bits per heavy atom. The minimum Gasteiger partial charge on any atom is -0.380 e. The second-order valence-electron chi connectivity index (χ2n) is 4.00. The van der Waals surface area contributed by atoms with E-state index in [2.05, 4.69) is 28.8 Å². The van der Waals surface area contributed by atoms with Crippen LogP contribution in [-0.4, -0.2) is 29.3 Å². The first-order chi connectivity index (χ1) is 8.33. The highest BCUT2D eigenvalue weighted by atomic mass is 32.1. The van der Waals surface area contributed by atoms with Crippen molar-refractivity contribution in [2.45, 2.75) is 46.1 Å². The smallest absolute Gasteiger partial charge is 0.0804 e. The molecule has 0 aliphatic heterocycles. The molecule has 0 aliphatic carbocycles. The molecular weight excluding hydrogens is 234 g/mol. The number of nitrogens with one attached hydrogen (secondary N) is 1. The summed E-state index contributed by atoms with van der Waals surface area (Å²) in [6.07, 6.45) is 3.23. The van der Waals surface area contributed by atoms with Crippen molar-refractivity contribution in [1.82, 2.24) is 14.9 Å². The Kier molecular flexibility index (Phi) is 7.32. The molecule has 0 fully saturated rings. The van der Waals surface area contributed by atoms with Crippen LogP contribution in [0, 0.1) is 0 Å². The maximum atomic E-state index is 5.54. The predicted molar refractivity (Wildman–Crippen MR) is 71.4 cm³/mol. The fraction of sp³-hybridized carbons (Fsp3) is 0.833. The van der Waals surface area contributed by atoms with E-state index < -0.39 is 0 Å². The lowest BCUT2D eigenvalue weighted by Crippen LogP contribution is -2.26. The number of aryl methyl sites for hydroxylation is 1. The highest BCUT2D eigenvalue weighted by Gasteiger charge is 2.18. The minimum absolute atomic E-state index is 0.247. The average molecular weight is 257 g/mol. The average Bonchev–Trinajstić information content (AvgIpc) is 2.78. The van der Waals surface area contributed by atoms with Gasteiger partial charge in [-0.05, 0) is 37.8 Å². The number of ether oxygens (including phenoxy) is 1. The zero-order valence-corrected chi connectivity index (χ0v) is 11.8. The first-order valence-corrected chi connectivity index (χ1v) is 7.23. The standard InChI is InChI=1S/C12H23N3OS/c1-4-7-10-12(17-15-14-10)11(9-16-6-3)13-8-5-2/h11,13H,4-9H2,1-3H3. The maximum Gasteiger partial charge on any atom is 0.0804 e. The summed E-state index contributed by atoms with van der Waals surface area (Å²) in [5.74, 6) is 0. The largest absolute Gasteiger partial charge is 0.380 e. The number of aromatic nitrogens is 2. The van der Waals surface area contributed by atoms with E-state index in [1.807, 2.05) is 6.92 Å². The zero-order valence-electron chi connectivity index (χ0n) is 11.0. The second-order valence-corrected chi connectivity index (χ2v) is 4.79. The highest BCUT2D eigenvalue weighted by molar-refractivity contribution is 7.05. The molecule has 17 heavy (non-hydrogen) atoms. The topological polar surface area (TPSA) is 47.0 Å². The van der Waals surface area contributed by atoms with E-state index in [1.54, 1.807) is 0 Å². The molecular formula is C12H23N3OS. The van der Waals surface area contributed by atoms with Gasteiger partial charge < -0.3 is 10.1 Å². The molecule has 1 rings (SSSR count). The number of nitrogens with zero attached hydrogens (tertiary/aromatic N) is 2. The van der Waals surface area contributed by atoms with E-state index in [9.17, 15) is 0 Å². The molecule has 0 saturated carbocycles. The molecule has 0 spiro atoms. The fourth-order valence-corrected chi connectivity index (χ4v) is 2.43. The van der Waals surface area contributed by atoms with E-state index in [0.717, 1.165) is 38.1 Å². The Hall–Kier alpha value is -0.520. The van der Waals surface area contributed by atoms with E-state index in [-0.39, 0.29) is 6.04 Å². The van der Waals surface area contributed by atoms with Gasteiger partial charge in [-0.15, -0.1) is 5.10 Å². The van der Waals surface area contributed by atoms with Crippen molar-refractivity contribution < 1.29 is 4.74 Å². The Labute approximate surface area is 108 Å². The summed E-state index contributed by atoms with van der Waals surface area (Å²) in [6, 6.07) is 0.247. The van der Waals surface area contributed by atoms with Crippen molar-refractivity contribution >= 4 is 11.5 Å². The van der Waals surface area contributed by atoms with Crippen LogP contribution in [0.3, 0.4) is 0 Å². The molecule has 0 aliphatic rings. The summed E-state index contributed by atoms with van der Waals surface area (Å²) >= 11 is 1.49. The molecule has 4 nitrogen and oxygen atoms in total. The minimum atomic E-state index is 0.247. The van der Waals surface area contributed by atoms with Crippen molar-refractivity contribution in [2.24, 2.45) is 0 Å². The lowest BCUT2D eigenvalue weighted by atomic mass is 10.1. The molecule has 1 heterocycles. The molecule has 1 aromatic rings. The number of hydrogen-bond acceptors (Lipinski definition) is 5. The molecule has 0 radical (unpaired) electrons. The predicted octanol–water partition coefficient (Wildman–Crippen LogP) is 2.57. The van der Waals surface area contributed by atoms with Gasteiger partial charge in [0, 0.05) is 6.61 Å². The van der Waals surface area contributed by atoms with E-state index in [0.29, 0.717) is 6.61 Å². The van der Waals surface area contributed by atoms with Crippen molar-refractivity contribution in [3.63, 3.8) is 0 Å². The van der Waals surface area contributed by atoms with Crippen LogP contribution < -0.4 is 5.32 Å². The molecule has 1 N–H and O–H groups in total. The molecule has 1 aromatic heterocycles. The van der Waals surface area contributed by atoms with Gasteiger partial charge in [-0.3, -0.25) is 0 Å². The normalized spacial score (nSPS) is 12.9. The Morgan fingerprint density at radius 3 is 2.76 bits per heavy atom. The molecule has 1 atom stereocenters. The maximum absolute atomic E-state index is 5.54. The SMILES string of the molecule is CCCNC(COCC)c1snnc1CCC. The third-order valence-electron chi connectivity index (χ3n) is 2.52. The summed E-state index contributed by atoms with van der Waals surface area (Å²) in [7, 11) is 0. The van der Waals surface area contributed by atoms with E-state index >= 15 is 0 Å². The van der Waals surface area contributed by atoms with Gasteiger partial charge in [0.15, 0.2) is 0 Å². The number of rotatable bonds is 9. The van der Waals surface area contributed by atoms with Gasteiger partial charge in [0.25, 0.3) is 0 Å². The molecule has 0 aromatic carbocycles. The lowest BCUT2D eigenvalue weighted by Gasteiger charge is -2.17. The summed E-state index contributed by atoms with van der Waals surface area (Å²) in [5.41, 5.74) is 1.13. The van der Waals surface area contributed by atoms with Gasteiger partial charge in [0.1, 0.15) is 0 Å². The van der Waals surface area contributed by atoms with Crippen molar-refractivity contribution in [1.29, 1.82) is 0 Å². The van der Waals surface area contributed by atoms with E-state index in [1.165, 1.54) is 16.4 Å². The first-order valence-electron chi connectivity index (χ1n) is 6.45. The highest BCUT2D eigenvalue weighted by Crippen LogP contribution is 2.22. The van der Waals surface area contributed by atoms with Gasteiger partial charge >= 0.3 is 0 Å². The van der Waals surface area contributed by atoms with Gasteiger partial charge in [-0.25, -0.2) is 0 Å². The Bertz CT molecular complexity index is 296. The van der Waals surface area contributed by atoms with E-state index in [4.69, 9.17) is 4.74 Å². The number of hydrogen-bond donors (Lipinski definition) is 1. The zero-order chi connectivity index (χ0) is 12.5. The van der Waals surface area contributed by atoms with Gasteiger partial charge in [0.05, 0.1) is 23.2 Å². The second kappa shape index (κ2) is 8.55. The molecule has 98 valence electrons. The van der Waals surface area contributed by atoms with Crippen LogP contribution in [0.2, 0.25) is 0 Å². The van der Waals surface area contributed by atoms with Crippen LogP contribution in [0.5, 0.6) is 0 Å². The van der Waals surface area contributed by atoms with Crippen molar-refractivity contribution in [3.8, 4) is 0 Å². The summed E-state index contributed by atoms with van der Waals surface area (Å²) < 4.78 is 9.61. The van der Waals surface area contributed by atoms with Crippen LogP contribution in [0.4, 0.5) is 0 Å². The van der Waals surface area contributed by atoms with Gasteiger partial charge in [-0.1, -0.05) is 24.8 Å². The molecule has 0 amide bonds. The van der Waals surface area contributed by atoms with Crippen molar-refractivity contribution in [2.75, 3.05) is 19.8 Å². The van der Waals surface area contributed by atoms with Crippen LogP contribution in [0.15, 0.2) is 0 Å². The fourth-order valence-electron chi connectivity index (χ4n) is 1.67. The third-order valence-corrected chi connectivity index (χ3v) is 3.40. The molecule has 0 saturated heterocycles. The van der Waals surface area contributed by atoms with Gasteiger partial charge in [0.2, 0.25) is 0 Å². The van der Waals surface area contributed by atoms with Crippen LogP contribution in [-0.2, 0) is 11.2 Å². The van der Waals surface area contributed by atoms with Crippen molar-refractivity contribution in [3.05, 3.63) is 10.6 Å². The molecule has 1 unspecified atom stereocenters. The molecule has 0 bridgehead atoms. The van der Waals surface area contributed by atoms with Crippen LogP contribution in [0.25, 0.3) is 0 Å². The Balaban J connectivity index is 2.68. The summed E-state index contributed by atoms with van der Waals surface area (Å²) in [6.45, 7) is 8.81. The van der Waals surface area contributed by atoms with Crippen LogP contribution in [0.1, 0.15) is 50.2 Å². The van der Waals surface area contributed by atoms with Gasteiger partial charge in [-0.2, -0.15) is 0 Å². The lowest BCUT2D eigenvalue weighted by molar-refractivity contribution is 0.123. The Morgan fingerprint density at radius 1 is 1.29 bits per heavy atom. The molecule has 5 heteroatoms. The van der Waals surface area contributed by atoms with Crippen LogP contribution >= 0.6 is 11.5 Å². The first kappa shape index (κ1) is 14.5. The quantitative estimate of drug-likeness (QED) is 0.738. The summed E-state index contributed by atoms with van der Waals surface area (Å²) in [5, 5.41) is 7.73. The summed E-state index contributed by atoms with van der Waals surface area (Å²) in [4.78, 5) is 1.24. The monoisotopic (exact) mass is 257 g/mol.